The standard InChI is InChI=1S/C16H19Br2N5O4.C14H15Br2N5O2/c1-16(2,3)27-15(24)22-6-4-21(5-7-22)14-19-10-8-9(17)11(18)13(23(25)26)12(10)20-14;15-9-7-10-12(13(11(9)16)21(22)23)18-14(20(10)8-1-2-8)19-5-3-17-4-6-19/h8H,4-7H2,1-3H3,(H,19,20);7-8,17H,1-6H2. The van der Waals surface area contributed by atoms with E-state index in [1.165, 1.54) is 0 Å². The van der Waals surface area contributed by atoms with Gasteiger partial charge in [-0.05, 0) is 109 Å². The van der Waals surface area contributed by atoms with E-state index in [4.69, 9.17) is 4.74 Å². The Balaban J connectivity index is 0.000000175. The maximum absolute atomic E-state index is 12.2. The van der Waals surface area contributed by atoms with Crippen LogP contribution < -0.4 is 15.1 Å². The molecule has 2 aromatic carbocycles. The second kappa shape index (κ2) is 14.5. The fourth-order valence-corrected chi connectivity index (χ4v) is 7.62. The average Bonchev–Trinajstić information content (AvgIpc) is 3.71. The fourth-order valence-electron chi connectivity index (χ4n) is 5.90. The van der Waals surface area contributed by atoms with Crippen LogP contribution >= 0.6 is 63.7 Å². The number of imidazole rings is 2. The monoisotopic (exact) mass is 946 g/mol. The van der Waals surface area contributed by atoms with Crippen LogP contribution in [0.3, 0.4) is 0 Å². The summed E-state index contributed by atoms with van der Waals surface area (Å²) in [7, 11) is 0. The zero-order chi connectivity index (χ0) is 36.1. The molecular weight excluding hydrogens is 916 g/mol. The highest BCUT2D eigenvalue weighted by molar-refractivity contribution is 9.13. The van der Waals surface area contributed by atoms with Crippen LogP contribution in [0.5, 0.6) is 0 Å². The van der Waals surface area contributed by atoms with Gasteiger partial charge in [0.05, 0.1) is 20.9 Å². The molecule has 0 radical (unpaired) electrons. The molecule has 50 heavy (non-hydrogen) atoms. The van der Waals surface area contributed by atoms with Crippen LogP contribution in [-0.4, -0.2) is 98.3 Å². The third-order valence-corrected chi connectivity index (χ3v) is 12.3. The first-order valence-electron chi connectivity index (χ1n) is 15.9. The van der Waals surface area contributed by atoms with Crippen molar-refractivity contribution in [3.63, 3.8) is 0 Å². The normalized spacial score (nSPS) is 16.8. The Morgan fingerprint density at radius 1 is 0.860 bits per heavy atom. The van der Waals surface area contributed by atoms with Crippen molar-refractivity contribution < 1.29 is 19.4 Å². The number of fused-ring (bicyclic) bond motifs is 2. The molecule has 1 amide bonds. The molecule has 0 bridgehead atoms. The summed E-state index contributed by atoms with van der Waals surface area (Å²) in [4.78, 5) is 52.4. The first kappa shape index (κ1) is 36.7. The zero-order valence-corrected chi connectivity index (χ0v) is 33.7. The predicted octanol–water partition coefficient (Wildman–Crippen LogP) is 7.27. The second-order valence-corrected chi connectivity index (χ2v) is 16.4. The molecule has 16 nitrogen and oxygen atoms in total. The summed E-state index contributed by atoms with van der Waals surface area (Å²) in [5.74, 6) is 1.40. The van der Waals surface area contributed by atoms with Crippen LogP contribution in [0.15, 0.2) is 30.0 Å². The van der Waals surface area contributed by atoms with E-state index in [-0.39, 0.29) is 22.4 Å². The van der Waals surface area contributed by atoms with Crippen LogP contribution in [-0.2, 0) is 4.74 Å². The van der Waals surface area contributed by atoms with Gasteiger partial charge in [0.1, 0.15) is 14.5 Å². The first-order valence-corrected chi connectivity index (χ1v) is 19.1. The first-order chi connectivity index (χ1) is 23.6. The number of nitrogens with one attached hydrogen (secondary N) is 2. The molecule has 3 fully saturated rings. The van der Waals surface area contributed by atoms with E-state index in [0.717, 1.165) is 50.5 Å². The van der Waals surface area contributed by atoms with Crippen molar-refractivity contribution in [2.75, 3.05) is 62.2 Å². The van der Waals surface area contributed by atoms with Crippen LogP contribution in [0.25, 0.3) is 22.1 Å². The van der Waals surface area contributed by atoms with Gasteiger partial charge in [-0.15, -0.1) is 0 Å². The van der Waals surface area contributed by atoms with E-state index >= 15 is 0 Å². The number of H-pyrrole nitrogens is 1. The topological polar surface area (TPSA) is 181 Å². The average molecular weight is 950 g/mol. The van der Waals surface area contributed by atoms with Gasteiger partial charge in [-0.3, -0.25) is 20.2 Å². The molecule has 2 aliphatic heterocycles. The minimum Gasteiger partial charge on any atom is -0.444 e. The smallest absolute Gasteiger partial charge is 0.410 e. The molecule has 2 N–H and O–H groups in total. The number of benzene rings is 2. The molecule has 3 aliphatic rings. The number of rotatable bonds is 5. The molecular formula is C30H34Br4N10O6. The van der Waals surface area contributed by atoms with Gasteiger partial charge in [0.2, 0.25) is 11.9 Å². The lowest BCUT2D eigenvalue weighted by Gasteiger charge is -2.35. The lowest BCUT2D eigenvalue weighted by atomic mass is 10.2. The quantitative estimate of drug-likeness (QED) is 0.152. The number of carbonyl (C=O) groups is 1. The highest BCUT2D eigenvalue weighted by atomic mass is 79.9. The molecule has 268 valence electrons. The number of aromatic amines is 1. The maximum Gasteiger partial charge on any atom is 0.410 e. The molecule has 1 saturated carbocycles. The number of ether oxygens (including phenoxy) is 1. The van der Waals surface area contributed by atoms with Crippen molar-refractivity contribution in [1.82, 2.24) is 29.7 Å². The number of halogens is 4. The summed E-state index contributed by atoms with van der Waals surface area (Å²) in [6.45, 7) is 11.1. The summed E-state index contributed by atoms with van der Waals surface area (Å²) >= 11 is 13.3. The number of carbonyl (C=O) groups excluding carboxylic acids is 1. The van der Waals surface area contributed by atoms with Gasteiger partial charge < -0.3 is 34.3 Å². The number of anilines is 2. The van der Waals surface area contributed by atoms with Crippen molar-refractivity contribution in [2.24, 2.45) is 0 Å². The number of hydrogen-bond acceptors (Lipinski definition) is 11. The number of nitrogens with zero attached hydrogens (tertiary/aromatic N) is 8. The number of hydrogen-bond donors (Lipinski definition) is 2. The molecule has 2 aromatic heterocycles. The molecule has 2 saturated heterocycles. The van der Waals surface area contributed by atoms with Gasteiger partial charge in [-0.2, -0.15) is 0 Å². The minimum atomic E-state index is -0.535. The zero-order valence-electron chi connectivity index (χ0n) is 27.3. The molecule has 4 heterocycles. The van der Waals surface area contributed by atoms with E-state index in [9.17, 15) is 25.0 Å². The van der Waals surface area contributed by atoms with E-state index in [1.807, 2.05) is 31.7 Å². The molecule has 4 aromatic rings. The minimum absolute atomic E-state index is 0.0326. The fraction of sp³-hybridized carbons (Fsp3) is 0.500. The number of aromatic nitrogens is 4. The molecule has 0 unspecified atom stereocenters. The largest absolute Gasteiger partial charge is 0.444 e. The maximum atomic E-state index is 12.2. The number of amides is 1. The summed E-state index contributed by atoms with van der Waals surface area (Å²) in [6.07, 6.45) is 1.87. The lowest BCUT2D eigenvalue weighted by Crippen LogP contribution is -2.50. The Labute approximate surface area is 320 Å². The van der Waals surface area contributed by atoms with Crippen molar-refractivity contribution in [3.8, 4) is 0 Å². The third kappa shape index (κ3) is 7.58. The second-order valence-electron chi connectivity index (χ2n) is 13.1. The summed E-state index contributed by atoms with van der Waals surface area (Å²) in [5.41, 5.74) is 1.57. The van der Waals surface area contributed by atoms with E-state index < -0.39 is 10.5 Å². The van der Waals surface area contributed by atoms with Crippen molar-refractivity contribution >= 4 is 115 Å². The Kier molecular flexibility index (Phi) is 10.7. The summed E-state index contributed by atoms with van der Waals surface area (Å²) in [6, 6.07) is 4.08. The number of nitro benzene ring substituents is 2. The van der Waals surface area contributed by atoms with Gasteiger partial charge >= 0.3 is 17.5 Å². The highest BCUT2D eigenvalue weighted by Crippen LogP contribution is 2.46. The van der Waals surface area contributed by atoms with Crippen LogP contribution in [0.1, 0.15) is 39.7 Å². The van der Waals surface area contributed by atoms with Crippen LogP contribution in [0.4, 0.5) is 28.1 Å². The summed E-state index contributed by atoms with van der Waals surface area (Å²) < 4.78 is 9.64. The van der Waals surface area contributed by atoms with Gasteiger partial charge in [0.15, 0.2) is 11.0 Å². The van der Waals surface area contributed by atoms with Gasteiger partial charge in [0, 0.05) is 67.3 Å². The third-order valence-electron chi connectivity index (χ3n) is 8.37. The SMILES string of the molecule is CC(C)(C)OC(=O)N1CCN(c2nc3c([N+](=O)[O-])c(Br)c(Br)cc3[nH]2)CC1.O=[N+]([O-])c1c(Br)c(Br)cc2c1nc(N1CCNCC1)n2C1CC1. The Morgan fingerprint density at radius 3 is 2.00 bits per heavy atom. The number of piperazine rings is 2. The van der Waals surface area contributed by atoms with Crippen LogP contribution in [0, 0.1) is 20.2 Å². The van der Waals surface area contributed by atoms with Crippen molar-refractivity contribution in [1.29, 1.82) is 0 Å². The van der Waals surface area contributed by atoms with Crippen LogP contribution in [0.2, 0.25) is 0 Å². The van der Waals surface area contributed by atoms with Crippen molar-refractivity contribution in [2.45, 2.75) is 45.3 Å². The highest BCUT2D eigenvalue weighted by Gasteiger charge is 2.35. The summed E-state index contributed by atoms with van der Waals surface area (Å²) in [5, 5.41) is 26.3. The Bertz CT molecular complexity index is 1980. The van der Waals surface area contributed by atoms with E-state index in [0.29, 0.717) is 72.6 Å². The van der Waals surface area contributed by atoms with Gasteiger partial charge in [-0.1, -0.05) is 0 Å². The van der Waals surface area contributed by atoms with E-state index in [2.05, 4.69) is 93.5 Å². The Morgan fingerprint density at radius 2 is 1.44 bits per heavy atom. The van der Waals surface area contributed by atoms with Crippen molar-refractivity contribution in [3.05, 3.63) is 50.3 Å². The molecule has 0 spiro atoms. The van der Waals surface area contributed by atoms with Gasteiger partial charge in [-0.25, -0.2) is 14.8 Å². The molecule has 0 atom stereocenters. The number of nitro groups is 2. The molecule has 20 heteroatoms. The molecule has 1 aliphatic carbocycles. The van der Waals surface area contributed by atoms with Gasteiger partial charge in [0.25, 0.3) is 0 Å². The van der Waals surface area contributed by atoms with E-state index in [1.54, 1.807) is 11.0 Å². The Hall–Kier alpha value is -3.07. The molecule has 7 rings (SSSR count). The lowest BCUT2D eigenvalue weighted by molar-refractivity contribution is -0.384. The predicted molar refractivity (Wildman–Crippen MR) is 203 cm³/mol.